The Labute approximate surface area is 179 Å². The number of aryl methyl sites for hydroxylation is 1. The van der Waals surface area contributed by atoms with Crippen LogP contribution in [-0.4, -0.2) is 71.7 Å². The lowest BCUT2D eigenvalue weighted by Gasteiger charge is -2.40. The van der Waals surface area contributed by atoms with Crippen LogP contribution >= 0.6 is 0 Å². The van der Waals surface area contributed by atoms with Crippen LogP contribution in [0.2, 0.25) is 0 Å². The molecule has 2 unspecified atom stereocenters. The van der Waals surface area contributed by atoms with Crippen molar-refractivity contribution in [3.05, 3.63) is 5.82 Å². The van der Waals surface area contributed by atoms with Gasteiger partial charge >= 0.3 is 18.2 Å². The van der Waals surface area contributed by atoms with E-state index in [0.717, 1.165) is 45.3 Å². The Balaban J connectivity index is 1.44. The van der Waals surface area contributed by atoms with E-state index in [-0.39, 0.29) is 18.5 Å². The molecule has 3 fully saturated rings. The van der Waals surface area contributed by atoms with Crippen molar-refractivity contribution < 1.29 is 27.2 Å². The smallest absolute Gasteiger partial charge is 0.435 e. The average Bonchev–Trinajstić information content (AvgIpc) is 3.37. The van der Waals surface area contributed by atoms with Crippen LogP contribution in [0.5, 0.6) is 0 Å². The van der Waals surface area contributed by atoms with Gasteiger partial charge in [0.15, 0.2) is 12.1 Å². The fourth-order valence-corrected chi connectivity index (χ4v) is 5.18. The topological polar surface area (TPSA) is 83.7 Å². The molecule has 0 aliphatic carbocycles. The number of likely N-dealkylation sites (tertiary alicyclic amines) is 1. The zero-order valence-electron chi connectivity index (χ0n) is 17.7. The zero-order valence-corrected chi connectivity index (χ0v) is 17.7. The predicted molar refractivity (Wildman–Crippen MR) is 105 cm³/mol. The van der Waals surface area contributed by atoms with Crippen LogP contribution in [0.4, 0.5) is 19.2 Å². The van der Waals surface area contributed by atoms with Gasteiger partial charge < -0.3 is 19.5 Å². The third-order valence-corrected chi connectivity index (χ3v) is 6.75. The number of hydrogen-bond donors (Lipinski definition) is 1. The second kappa shape index (κ2) is 9.32. The number of aromatic nitrogens is 2. The van der Waals surface area contributed by atoms with Crippen molar-refractivity contribution in [3.8, 4) is 0 Å². The number of alkyl halides is 3. The van der Waals surface area contributed by atoms with Crippen molar-refractivity contribution in [3.63, 3.8) is 0 Å². The minimum absolute atomic E-state index is 0.0394. The Bertz CT molecular complexity index is 745. The minimum atomic E-state index is -5.05. The number of anilines is 1. The molecular weight excluding hydrogens is 415 g/mol. The highest BCUT2D eigenvalue weighted by Gasteiger charge is 2.45. The summed E-state index contributed by atoms with van der Waals surface area (Å²) < 4.78 is 48.9. The number of ether oxygens (including phenoxy) is 1. The van der Waals surface area contributed by atoms with E-state index in [4.69, 9.17) is 9.26 Å². The number of nitrogens with one attached hydrogen (secondary N) is 1. The third kappa shape index (κ3) is 5.31. The zero-order chi connectivity index (χ0) is 22.0. The van der Waals surface area contributed by atoms with Gasteiger partial charge in [0, 0.05) is 25.0 Å². The Hall–Kier alpha value is -1.88. The van der Waals surface area contributed by atoms with Crippen LogP contribution in [0.1, 0.15) is 50.8 Å². The molecular formula is C20H30F3N5O3. The van der Waals surface area contributed by atoms with E-state index in [9.17, 15) is 18.0 Å². The van der Waals surface area contributed by atoms with E-state index < -0.39 is 18.4 Å². The van der Waals surface area contributed by atoms with Crippen LogP contribution < -0.4 is 10.2 Å². The Morgan fingerprint density at radius 2 is 1.94 bits per heavy atom. The lowest BCUT2D eigenvalue weighted by atomic mass is 9.87. The lowest BCUT2D eigenvalue weighted by molar-refractivity contribution is -0.205. The Kier molecular flexibility index (Phi) is 6.71. The first-order valence-electron chi connectivity index (χ1n) is 11.1. The fraction of sp³-hybridized carbons (Fsp3) is 0.850. The van der Waals surface area contributed by atoms with Crippen LogP contribution in [0, 0.1) is 12.8 Å². The molecule has 3 saturated heterocycles. The van der Waals surface area contributed by atoms with Crippen molar-refractivity contribution >= 4 is 12.0 Å². The van der Waals surface area contributed by atoms with E-state index in [0.29, 0.717) is 24.3 Å². The summed E-state index contributed by atoms with van der Waals surface area (Å²) in [5.74, 6) is -1.16. The fourth-order valence-electron chi connectivity index (χ4n) is 5.18. The summed E-state index contributed by atoms with van der Waals surface area (Å²) in [6.07, 6.45) is 0.275. The van der Waals surface area contributed by atoms with Gasteiger partial charge in [0.2, 0.25) is 0 Å². The summed E-state index contributed by atoms with van der Waals surface area (Å²) in [6, 6.07) is 0.717. The molecule has 3 aliphatic heterocycles. The third-order valence-electron chi connectivity index (χ3n) is 6.75. The second-order valence-corrected chi connectivity index (χ2v) is 8.78. The molecule has 31 heavy (non-hydrogen) atoms. The summed E-state index contributed by atoms with van der Waals surface area (Å²) in [5, 5.41) is 7.32. The maximum atomic E-state index is 12.9. The summed E-state index contributed by atoms with van der Waals surface area (Å²) in [5.41, 5.74) is 0. The van der Waals surface area contributed by atoms with Crippen LogP contribution in [0.25, 0.3) is 0 Å². The van der Waals surface area contributed by atoms with Gasteiger partial charge in [-0.25, -0.2) is 4.79 Å². The number of hydrogen-bond acceptors (Lipinski definition) is 8. The number of carbonyl (C=O) groups excluding carboxylic acids is 1. The van der Waals surface area contributed by atoms with E-state index in [1.807, 2.05) is 0 Å². The predicted octanol–water partition coefficient (Wildman–Crippen LogP) is 2.63. The normalized spacial score (nSPS) is 29.2. The minimum Gasteiger partial charge on any atom is -0.435 e. The molecule has 11 heteroatoms. The molecule has 4 heterocycles. The van der Waals surface area contributed by atoms with E-state index >= 15 is 0 Å². The molecule has 0 radical (unpaired) electrons. The highest BCUT2D eigenvalue weighted by atomic mass is 19.4. The molecule has 4 rings (SSSR count). The van der Waals surface area contributed by atoms with Gasteiger partial charge in [0.1, 0.15) is 0 Å². The average molecular weight is 445 g/mol. The molecule has 174 valence electrons. The van der Waals surface area contributed by atoms with Gasteiger partial charge in [-0.3, -0.25) is 4.90 Å². The summed E-state index contributed by atoms with van der Waals surface area (Å²) in [4.78, 5) is 19.6. The first kappa shape index (κ1) is 22.3. The summed E-state index contributed by atoms with van der Waals surface area (Å²) in [6.45, 7) is 4.93. The highest BCUT2D eigenvalue weighted by molar-refractivity contribution is 5.76. The quantitative estimate of drug-likeness (QED) is 0.709. The SMILES string of the molecule is Cc1noc(N2CCCC(N3CCC([C@@H]4CCCN4)CC3)CC2OC(=O)C(F)(F)F)n1. The summed E-state index contributed by atoms with van der Waals surface area (Å²) >= 11 is 0. The van der Waals surface area contributed by atoms with Crippen molar-refractivity contribution in [2.24, 2.45) is 5.92 Å². The van der Waals surface area contributed by atoms with Crippen molar-refractivity contribution in [1.82, 2.24) is 20.4 Å². The molecule has 1 N–H and O–H groups in total. The number of nitrogens with zero attached hydrogens (tertiary/aromatic N) is 4. The van der Waals surface area contributed by atoms with Crippen LogP contribution in [-0.2, 0) is 9.53 Å². The Morgan fingerprint density at radius 3 is 2.55 bits per heavy atom. The highest BCUT2D eigenvalue weighted by Crippen LogP contribution is 2.32. The van der Waals surface area contributed by atoms with Crippen LogP contribution in [0.3, 0.4) is 0 Å². The maximum Gasteiger partial charge on any atom is 0.491 e. The van der Waals surface area contributed by atoms with E-state index in [1.165, 1.54) is 17.7 Å². The molecule has 0 spiro atoms. The lowest BCUT2D eigenvalue weighted by Crippen LogP contribution is -2.48. The van der Waals surface area contributed by atoms with Gasteiger partial charge in [-0.05, 0) is 71.0 Å². The molecule has 3 aliphatic rings. The van der Waals surface area contributed by atoms with Gasteiger partial charge in [-0.1, -0.05) is 5.16 Å². The first-order valence-corrected chi connectivity index (χ1v) is 11.1. The van der Waals surface area contributed by atoms with E-state index in [1.54, 1.807) is 6.92 Å². The number of rotatable bonds is 4. The number of carbonyl (C=O) groups is 1. The van der Waals surface area contributed by atoms with Crippen molar-refractivity contribution in [2.45, 2.75) is 76.4 Å². The first-order chi connectivity index (χ1) is 14.8. The molecule has 0 amide bonds. The van der Waals surface area contributed by atoms with Gasteiger partial charge in [0.05, 0.1) is 0 Å². The van der Waals surface area contributed by atoms with Gasteiger partial charge in [-0.15, -0.1) is 0 Å². The molecule has 1 aromatic heterocycles. The van der Waals surface area contributed by atoms with Gasteiger partial charge in [-0.2, -0.15) is 18.2 Å². The molecule has 0 saturated carbocycles. The largest absolute Gasteiger partial charge is 0.491 e. The molecule has 1 aromatic rings. The number of piperidine rings is 1. The van der Waals surface area contributed by atoms with E-state index in [2.05, 4.69) is 20.4 Å². The number of esters is 1. The molecule has 8 nitrogen and oxygen atoms in total. The monoisotopic (exact) mass is 445 g/mol. The summed E-state index contributed by atoms with van der Waals surface area (Å²) in [7, 11) is 0. The second-order valence-electron chi connectivity index (χ2n) is 8.78. The number of halogens is 3. The molecule has 3 atom stereocenters. The maximum absolute atomic E-state index is 12.9. The van der Waals surface area contributed by atoms with Crippen molar-refractivity contribution in [1.29, 1.82) is 0 Å². The van der Waals surface area contributed by atoms with Crippen LogP contribution in [0.15, 0.2) is 4.52 Å². The standard InChI is InChI=1S/C20H30F3N5O3/c1-13-25-19(31-26-13)28-9-3-4-15(12-17(28)30-18(29)20(21,22)23)27-10-6-14(7-11-27)16-5-2-8-24-16/h14-17,24H,2-12H2,1H3/t15?,16-,17?/m0/s1. The molecule has 0 bridgehead atoms. The van der Waals surface area contributed by atoms with Crippen molar-refractivity contribution in [2.75, 3.05) is 31.1 Å². The van der Waals surface area contributed by atoms with Gasteiger partial charge in [0.25, 0.3) is 0 Å². The Morgan fingerprint density at radius 1 is 1.16 bits per heavy atom. The molecule has 0 aromatic carbocycles.